The second kappa shape index (κ2) is 10.5. The molecule has 2 aliphatic heterocycles. The number of carbonyl (C=O) groups is 4. The molecule has 3 aromatic carbocycles. The summed E-state index contributed by atoms with van der Waals surface area (Å²) in [7, 11) is 2.86. The van der Waals surface area contributed by atoms with E-state index in [9.17, 15) is 24.7 Å². The van der Waals surface area contributed by atoms with Gasteiger partial charge in [0.05, 0.1) is 43.1 Å². The van der Waals surface area contributed by atoms with Crippen LogP contribution in [0, 0.1) is 23.7 Å². The number of allylic oxidation sites excluding steroid dienone is 2. The third-order valence-corrected chi connectivity index (χ3v) is 10.2. The Labute approximate surface area is 263 Å². The molecular formula is C34H29ClN2O8. The molecule has 10 nitrogen and oxygen atoms in total. The second-order valence-electron chi connectivity index (χ2n) is 11.8. The Balaban J connectivity index is 1.57. The third-order valence-electron chi connectivity index (χ3n) is 9.96. The summed E-state index contributed by atoms with van der Waals surface area (Å²) >= 11 is 6.33. The van der Waals surface area contributed by atoms with Crippen molar-refractivity contribution in [3.05, 3.63) is 94.5 Å². The lowest BCUT2D eigenvalue weighted by atomic mass is 9.49. The van der Waals surface area contributed by atoms with E-state index in [4.69, 9.17) is 21.1 Å². The van der Waals surface area contributed by atoms with Gasteiger partial charge in [0.2, 0.25) is 11.8 Å². The van der Waals surface area contributed by atoms with Crippen molar-refractivity contribution in [3.8, 4) is 17.2 Å². The van der Waals surface area contributed by atoms with Gasteiger partial charge in [-0.25, -0.2) is 4.90 Å². The molecule has 7 rings (SSSR count). The molecule has 6 atom stereocenters. The van der Waals surface area contributed by atoms with E-state index >= 15 is 4.79 Å². The number of fused-ring (bicyclic) bond motifs is 4. The Morgan fingerprint density at radius 2 is 1.56 bits per heavy atom. The highest BCUT2D eigenvalue weighted by molar-refractivity contribution is 6.32. The number of anilines is 1. The highest BCUT2D eigenvalue weighted by atomic mass is 35.5. The van der Waals surface area contributed by atoms with E-state index in [0.717, 1.165) is 4.90 Å². The van der Waals surface area contributed by atoms with E-state index < -0.39 is 58.6 Å². The Hall–Kier alpha value is -4.67. The number of rotatable bonds is 5. The van der Waals surface area contributed by atoms with Gasteiger partial charge in [-0.3, -0.25) is 24.4 Å². The quantitative estimate of drug-likeness (QED) is 0.238. The summed E-state index contributed by atoms with van der Waals surface area (Å²) in [6.07, 6.45) is 2.07. The van der Waals surface area contributed by atoms with E-state index in [-0.39, 0.29) is 35.2 Å². The van der Waals surface area contributed by atoms with Gasteiger partial charge in [0.1, 0.15) is 17.2 Å². The maximum atomic E-state index is 15.2. The van der Waals surface area contributed by atoms with Crippen LogP contribution in [0.4, 0.5) is 5.69 Å². The number of ether oxygens (including phenoxy) is 2. The van der Waals surface area contributed by atoms with E-state index in [2.05, 4.69) is 0 Å². The number of nitrogens with zero attached hydrogens (tertiary/aromatic N) is 2. The van der Waals surface area contributed by atoms with Crippen molar-refractivity contribution in [3.63, 3.8) is 0 Å². The fourth-order valence-electron chi connectivity index (χ4n) is 8.25. The zero-order chi connectivity index (χ0) is 31.8. The predicted octanol–water partition coefficient (Wildman–Crippen LogP) is 4.61. The Bertz CT molecular complexity index is 1780. The van der Waals surface area contributed by atoms with Crippen LogP contribution in [0.25, 0.3) is 0 Å². The molecule has 0 bridgehead atoms. The number of hydroxylamine groups is 2. The van der Waals surface area contributed by atoms with Crippen LogP contribution in [0.1, 0.15) is 29.9 Å². The Morgan fingerprint density at radius 1 is 0.867 bits per heavy atom. The summed E-state index contributed by atoms with van der Waals surface area (Å²) in [6.45, 7) is 0. The number of hydrogen-bond donors (Lipinski definition) is 2. The molecule has 230 valence electrons. The second-order valence-corrected chi connectivity index (χ2v) is 12.3. The van der Waals surface area contributed by atoms with Crippen molar-refractivity contribution >= 4 is 40.9 Å². The molecule has 3 aromatic rings. The standard InChI is InChI=1S/C34H29ClN2O8/c1-44-25-14-20(38)15-26(45-2)28(25)29-21-11-12-22-27(32(41)37(43)30(22)39)23(21)16-24-31(40)36(19-10-6-9-18(35)13-19)33(42)34(24,29)17-7-4-3-5-8-17/h3-11,13-15,22-24,27,29,38,43H,12,16H2,1-2H3/t22-,23+,24-,27-,29+,34+/m0/s1. The molecule has 3 fully saturated rings. The van der Waals surface area contributed by atoms with Crippen molar-refractivity contribution in [2.75, 3.05) is 19.1 Å². The van der Waals surface area contributed by atoms with Crippen molar-refractivity contribution < 1.29 is 39.0 Å². The molecule has 4 aliphatic rings. The lowest BCUT2D eigenvalue weighted by molar-refractivity contribution is -0.173. The lowest BCUT2D eigenvalue weighted by Crippen LogP contribution is -2.53. The number of carbonyl (C=O) groups excluding carboxylic acids is 4. The average molecular weight is 629 g/mol. The highest BCUT2D eigenvalue weighted by Gasteiger charge is 2.71. The van der Waals surface area contributed by atoms with Crippen LogP contribution in [-0.4, -0.2) is 53.2 Å². The van der Waals surface area contributed by atoms with Crippen LogP contribution >= 0.6 is 11.6 Å². The predicted molar refractivity (Wildman–Crippen MR) is 161 cm³/mol. The molecule has 4 amide bonds. The van der Waals surface area contributed by atoms with Crippen LogP contribution in [0.5, 0.6) is 17.2 Å². The number of amides is 4. The number of phenolic OH excluding ortho intramolecular Hbond substituents is 1. The normalized spacial score (nSPS) is 28.9. The van der Waals surface area contributed by atoms with Crippen LogP contribution < -0.4 is 14.4 Å². The van der Waals surface area contributed by atoms with Gasteiger partial charge in [-0.15, -0.1) is 0 Å². The van der Waals surface area contributed by atoms with Crippen molar-refractivity contribution in [1.29, 1.82) is 0 Å². The first-order valence-corrected chi connectivity index (χ1v) is 14.9. The molecule has 0 spiro atoms. The third kappa shape index (κ3) is 3.91. The first-order chi connectivity index (χ1) is 21.6. The van der Waals surface area contributed by atoms with E-state index in [1.165, 1.54) is 26.4 Å². The number of benzene rings is 3. The molecule has 2 saturated heterocycles. The van der Waals surface area contributed by atoms with Gasteiger partial charge in [0.25, 0.3) is 11.8 Å². The number of methoxy groups -OCH3 is 2. The number of hydrogen-bond acceptors (Lipinski definition) is 8. The largest absolute Gasteiger partial charge is 0.508 e. The molecule has 2 heterocycles. The number of aromatic hydroxyl groups is 1. The minimum atomic E-state index is -1.56. The minimum Gasteiger partial charge on any atom is -0.508 e. The molecule has 1 saturated carbocycles. The van der Waals surface area contributed by atoms with Crippen molar-refractivity contribution in [2.24, 2.45) is 23.7 Å². The van der Waals surface area contributed by atoms with E-state index in [1.54, 1.807) is 48.5 Å². The molecule has 2 N–H and O–H groups in total. The van der Waals surface area contributed by atoms with Gasteiger partial charge in [0.15, 0.2) is 0 Å². The fraction of sp³-hybridized carbons (Fsp3) is 0.294. The van der Waals surface area contributed by atoms with E-state index in [0.29, 0.717) is 27.4 Å². The maximum absolute atomic E-state index is 15.2. The van der Waals surface area contributed by atoms with Crippen molar-refractivity contribution in [2.45, 2.75) is 24.2 Å². The highest BCUT2D eigenvalue weighted by Crippen LogP contribution is 2.66. The van der Waals surface area contributed by atoms with Gasteiger partial charge in [-0.2, -0.15) is 5.06 Å². The summed E-state index contributed by atoms with van der Waals surface area (Å²) in [6, 6.07) is 18.3. The Morgan fingerprint density at radius 3 is 2.20 bits per heavy atom. The van der Waals surface area contributed by atoms with Crippen LogP contribution in [-0.2, 0) is 24.6 Å². The molecule has 0 unspecified atom stereocenters. The molecule has 2 aliphatic carbocycles. The van der Waals surface area contributed by atoms with Crippen LogP contribution in [0.2, 0.25) is 5.02 Å². The molecule has 11 heteroatoms. The summed E-state index contributed by atoms with van der Waals surface area (Å²) in [5.74, 6) is -6.46. The first kappa shape index (κ1) is 29.1. The molecule has 45 heavy (non-hydrogen) atoms. The zero-order valence-electron chi connectivity index (χ0n) is 24.3. The number of phenols is 1. The topological polar surface area (TPSA) is 134 Å². The van der Waals surface area contributed by atoms with Gasteiger partial charge in [0, 0.05) is 28.6 Å². The van der Waals surface area contributed by atoms with Crippen LogP contribution in [0.3, 0.4) is 0 Å². The monoisotopic (exact) mass is 628 g/mol. The SMILES string of the molecule is COc1cc(O)cc(OC)c1[C@H]1C2=CC[C@@H]3C(=O)N(O)C(=O)[C@@H]3[C@@H]2C[C@H]2C(=O)N(c3cccc(Cl)c3)C(=O)[C@@]12c1ccccc1. The summed E-state index contributed by atoms with van der Waals surface area (Å²) in [4.78, 5) is 57.4. The lowest BCUT2D eigenvalue weighted by Gasteiger charge is -2.51. The zero-order valence-corrected chi connectivity index (χ0v) is 25.1. The van der Waals surface area contributed by atoms with Crippen molar-refractivity contribution in [1.82, 2.24) is 5.06 Å². The smallest absolute Gasteiger partial charge is 0.257 e. The summed E-state index contributed by atoms with van der Waals surface area (Å²) in [5.41, 5.74) is 0.378. The van der Waals surface area contributed by atoms with Gasteiger partial charge >= 0.3 is 0 Å². The summed E-state index contributed by atoms with van der Waals surface area (Å²) < 4.78 is 11.6. The minimum absolute atomic E-state index is 0.0651. The first-order valence-electron chi connectivity index (χ1n) is 14.6. The molecule has 0 aromatic heterocycles. The average Bonchev–Trinajstić information content (AvgIpc) is 3.41. The van der Waals surface area contributed by atoms with Gasteiger partial charge < -0.3 is 14.6 Å². The molecular weight excluding hydrogens is 600 g/mol. The number of halogens is 1. The molecule has 0 radical (unpaired) electrons. The maximum Gasteiger partial charge on any atom is 0.257 e. The van der Waals surface area contributed by atoms with Gasteiger partial charge in [-0.05, 0) is 42.5 Å². The van der Waals surface area contributed by atoms with E-state index in [1.807, 2.05) is 12.1 Å². The number of imide groups is 2. The van der Waals surface area contributed by atoms with Gasteiger partial charge in [-0.1, -0.05) is 59.6 Å². The van der Waals surface area contributed by atoms with Crippen LogP contribution in [0.15, 0.2) is 78.4 Å². The Kier molecular flexibility index (Phi) is 6.75. The summed E-state index contributed by atoms with van der Waals surface area (Å²) in [5, 5.41) is 21.5. The fourth-order valence-corrected chi connectivity index (χ4v) is 8.44.